The van der Waals surface area contributed by atoms with Gasteiger partial charge in [0.15, 0.2) is 5.01 Å². The van der Waals surface area contributed by atoms with Gasteiger partial charge >= 0.3 is 0 Å². The lowest BCUT2D eigenvalue weighted by Crippen LogP contribution is -2.27. The highest BCUT2D eigenvalue weighted by Crippen LogP contribution is 2.19. The number of benzene rings is 1. The maximum absolute atomic E-state index is 12.2. The molecule has 0 saturated carbocycles. The molecule has 0 bridgehead atoms. The summed E-state index contributed by atoms with van der Waals surface area (Å²) in [6, 6.07) is 7.29. The Morgan fingerprint density at radius 2 is 2.13 bits per heavy atom. The van der Waals surface area contributed by atoms with Crippen LogP contribution in [0.2, 0.25) is 0 Å². The molecular weight excluding hydrogens is 314 g/mol. The molecule has 122 valence electrons. The first-order valence-electron chi connectivity index (χ1n) is 7.23. The molecule has 2 N–H and O–H groups in total. The molecule has 0 saturated heterocycles. The van der Waals surface area contributed by atoms with Gasteiger partial charge in [0.2, 0.25) is 0 Å². The number of carbonyl (C=O) groups is 2. The Bertz CT molecular complexity index is 699. The maximum Gasteiger partial charge on any atom is 0.280 e. The fraction of sp³-hybridized carbons (Fsp3) is 0.312. The zero-order chi connectivity index (χ0) is 16.8. The van der Waals surface area contributed by atoms with Crippen LogP contribution in [0.4, 0.5) is 0 Å². The van der Waals surface area contributed by atoms with Crippen molar-refractivity contribution in [2.75, 3.05) is 13.7 Å². The highest BCUT2D eigenvalue weighted by molar-refractivity contribution is 7.11. The summed E-state index contributed by atoms with van der Waals surface area (Å²) in [5, 5.41) is 7.39. The van der Waals surface area contributed by atoms with E-state index in [0.29, 0.717) is 6.54 Å². The average molecular weight is 333 g/mol. The molecule has 2 rings (SSSR count). The third-order valence-electron chi connectivity index (χ3n) is 3.21. The van der Waals surface area contributed by atoms with Crippen LogP contribution in [0.15, 0.2) is 29.6 Å². The van der Waals surface area contributed by atoms with Gasteiger partial charge in [0.1, 0.15) is 11.4 Å². The lowest BCUT2D eigenvalue weighted by Gasteiger charge is -2.14. The number of amides is 2. The summed E-state index contributed by atoms with van der Waals surface area (Å²) in [6.07, 6.45) is 0. The molecule has 0 spiro atoms. The SMILES string of the molecule is CCNC(=O)c1nc(C(=O)NC(C)c2cccc(OC)c2)cs1. The zero-order valence-electron chi connectivity index (χ0n) is 13.3. The van der Waals surface area contributed by atoms with Gasteiger partial charge in [0.25, 0.3) is 11.8 Å². The van der Waals surface area contributed by atoms with E-state index in [-0.39, 0.29) is 28.6 Å². The molecule has 7 heteroatoms. The summed E-state index contributed by atoms with van der Waals surface area (Å²) in [4.78, 5) is 28.0. The number of hydrogen-bond donors (Lipinski definition) is 2. The number of nitrogens with zero attached hydrogens (tertiary/aromatic N) is 1. The van der Waals surface area contributed by atoms with Crippen molar-refractivity contribution in [2.24, 2.45) is 0 Å². The molecule has 0 radical (unpaired) electrons. The molecule has 23 heavy (non-hydrogen) atoms. The third-order valence-corrected chi connectivity index (χ3v) is 4.05. The van der Waals surface area contributed by atoms with Crippen LogP contribution >= 0.6 is 11.3 Å². The van der Waals surface area contributed by atoms with E-state index in [4.69, 9.17) is 4.74 Å². The van der Waals surface area contributed by atoms with Crippen LogP contribution in [0.5, 0.6) is 5.75 Å². The van der Waals surface area contributed by atoms with Gasteiger partial charge < -0.3 is 15.4 Å². The van der Waals surface area contributed by atoms with Crippen molar-refractivity contribution in [3.63, 3.8) is 0 Å². The second-order valence-corrected chi connectivity index (χ2v) is 5.73. The van der Waals surface area contributed by atoms with Crippen LogP contribution in [0, 0.1) is 0 Å². The first-order valence-corrected chi connectivity index (χ1v) is 8.11. The number of methoxy groups -OCH3 is 1. The second-order valence-electron chi connectivity index (χ2n) is 4.87. The van der Waals surface area contributed by atoms with Gasteiger partial charge in [0.05, 0.1) is 13.2 Å². The summed E-state index contributed by atoms with van der Waals surface area (Å²) < 4.78 is 5.18. The van der Waals surface area contributed by atoms with Crippen LogP contribution in [-0.2, 0) is 0 Å². The summed E-state index contributed by atoms with van der Waals surface area (Å²) in [5.74, 6) is 0.153. The Morgan fingerprint density at radius 1 is 1.35 bits per heavy atom. The van der Waals surface area contributed by atoms with Crippen molar-refractivity contribution in [2.45, 2.75) is 19.9 Å². The third kappa shape index (κ3) is 4.29. The summed E-state index contributed by atoms with van der Waals surface area (Å²) in [6.45, 7) is 4.23. The molecular formula is C16H19N3O3S. The smallest absolute Gasteiger partial charge is 0.280 e. The largest absolute Gasteiger partial charge is 0.497 e. The van der Waals surface area contributed by atoms with Crippen LogP contribution in [0.3, 0.4) is 0 Å². The van der Waals surface area contributed by atoms with Gasteiger partial charge in [-0.3, -0.25) is 9.59 Å². The standard InChI is InChI=1S/C16H19N3O3S/c1-4-17-15(21)16-19-13(9-23-16)14(20)18-10(2)11-6-5-7-12(8-11)22-3/h5-10H,4H2,1-3H3,(H,17,21)(H,18,20). The quantitative estimate of drug-likeness (QED) is 0.850. The van der Waals surface area contributed by atoms with Crippen molar-refractivity contribution < 1.29 is 14.3 Å². The van der Waals surface area contributed by atoms with Crippen LogP contribution in [0.25, 0.3) is 0 Å². The van der Waals surface area contributed by atoms with E-state index in [1.54, 1.807) is 12.5 Å². The molecule has 1 heterocycles. The minimum atomic E-state index is -0.313. The van der Waals surface area contributed by atoms with Crippen molar-refractivity contribution in [3.8, 4) is 5.75 Å². The number of hydrogen-bond acceptors (Lipinski definition) is 5. The lowest BCUT2D eigenvalue weighted by atomic mass is 10.1. The van der Waals surface area contributed by atoms with Crippen molar-refractivity contribution in [1.29, 1.82) is 0 Å². The Morgan fingerprint density at radius 3 is 2.83 bits per heavy atom. The molecule has 0 aliphatic rings. The van der Waals surface area contributed by atoms with E-state index in [0.717, 1.165) is 22.6 Å². The number of ether oxygens (including phenoxy) is 1. The second kappa shape index (κ2) is 7.73. The summed E-state index contributed by atoms with van der Waals surface area (Å²) >= 11 is 1.15. The molecule has 0 aliphatic heterocycles. The van der Waals surface area contributed by atoms with Crippen LogP contribution < -0.4 is 15.4 Å². The maximum atomic E-state index is 12.2. The molecule has 1 atom stereocenters. The Hall–Kier alpha value is -2.41. The predicted octanol–water partition coefficient (Wildman–Crippen LogP) is 2.39. The van der Waals surface area contributed by atoms with E-state index in [1.165, 1.54) is 0 Å². The van der Waals surface area contributed by atoms with Gasteiger partial charge in [-0.15, -0.1) is 11.3 Å². The van der Waals surface area contributed by atoms with Crippen molar-refractivity contribution in [1.82, 2.24) is 15.6 Å². The van der Waals surface area contributed by atoms with Gasteiger partial charge in [-0.1, -0.05) is 12.1 Å². The highest BCUT2D eigenvalue weighted by atomic mass is 32.1. The number of aromatic nitrogens is 1. The molecule has 2 amide bonds. The van der Waals surface area contributed by atoms with Crippen LogP contribution in [-0.4, -0.2) is 30.5 Å². The predicted molar refractivity (Wildman–Crippen MR) is 89.0 cm³/mol. The van der Waals surface area contributed by atoms with E-state index in [1.807, 2.05) is 38.1 Å². The monoisotopic (exact) mass is 333 g/mol. The minimum Gasteiger partial charge on any atom is -0.497 e. The molecule has 0 aliphatic carbocycles. The van der Waals surface area contributed by atoms with Gasteiger partial charge in [-0.2, -0.15) is 0 Å². The summed E-state index contributed by atoms with van der Waals surface area (Å²) in [5.41, 5.74) is 1.17. The Balaban J connectivity index is 2.05. The highest BCUT2D eigenvalue weighted by Gasteiger charge is 2.17. The number of carbonyl (C=O) groups excluding carboxylic acids is 2. The van der Waals surface area contributed by atoms with E-state index < -0.39 is 0 Å². The Kier molecular flexibility index (Phi) is 5.70. The first kappa shape index (κ1) is 17.0. The zero-order valence-corrected chi connectivity index (χ0v) is 14.1. The fourth-order valence-electron chi connectivity index (χ4n) is 1.98. The average Bonchev–Trinajstić information content (AvgIpc) is 3.05. The van der Waals surface area contributed by atoms with Gasteiger partial charge in [-0.05, 0) is 31.5 Å². The number of rotatable bonds is 6. The first-order chi connectivity index (χ1) is 11.0. The topological polar surface area (TPSA) is 80.3 Å². The molecule has 1 aromatic carbocycles. The van der Waals surface area contributed by atoms with E-state index >= 15 is 0 Å². The molecule has 2 aromatic rings. The minimum absolute atomic E-state index is 0.202. The summed E-state index contributed by atoms with van der Waals surface area (Å²) in [7, 11) is 1.60. The fourth-order valence-corrected chi connectivity index (χ4v) is 2.70. The lowest BCUT2D eigenvalue weighted by molar-refractivity contribution is 0.0935. The van der Waals surface area contributed by atoms with E-state index in [2.05, 4.69) is 15.6 Å². The van der Waals surface area contributed by atoms with Crippen molar-refractivity contribution in [3.05, 3.63) is 45.9 Å². The molecule has 1 unspecified atom stereocenters. The number of nitrogens with one attached hydrogen (secondary N) is 2. The number of thiazole rings is 1. The Labute approximate surface area is 138 Å². The normalized spacial score (nSPS) is 11.6. The molecule has 1 aromatic heterocycles. The van der Waals surface area contributed by atoms with Gasteiger partial charge in [0, 0.05) is 11.9 Å². The van der Waals surface area contributed by atoms with Crippen molar-refractivity contribution >= 4 is 23.2 Å². The van der Waals surface area contributed by atoms with Crippen LogP contribution in [0.1, 0.15) is 45.7 Å². The molecule has 6 nitrogen and oxygen atoms in total. The van der Waals surface area contributed by atoms with E-state index in [9.17, 15) is 9.59 Å². The molecule has 0 fully saturated rings. The van der Waals surface area contributed by atoms with Gasteiger partial charge in [-0.25, -0.2) is 4.98 Å².